The number of nitrogens with zero attached hydrogens (tertiary/aromatic N) is 1. The van der Waals surface area contributed by atoms with Crippen molar-refractivity contribution in [1.82, 2.24) is 4.90 Å². The van der Waals surface area contributed by atoms with Gasteiger partial charge >= 0.3 is 12.1 Å². The number of ether oxygens (including phenoxy) is 4. The molecule has 294 valence electrons. The summed E-state index contributed by atoms with van der Waals surface area (Å²) in [7, 11) is 0. The summed E-state index contributed by atoms with van der Waals surface area (Å²) in [6.45, 7) is 10.6. The molecule has 11 nitrogen and oxygen atoms in total. The van der Waals surface area contributed by atoms with Crippen LogP contribution in [0.5, 0.6) is 0 Å². The van der Waals surface area contributed by atoms with E-state index >= 15 is 0 Å². The number of esters is 1. The molecule has 0 aromatic heterocycles. The summed E-state index contributed by atoms with van der Waals surface area (Å²) >= 11 is 0. The van der Waals surface area contributed by atoms with Gasteiger partial charge in [-0.1, -0.05) is 104 Å². The summed E-state index contributed by atoms with van der Waals surface area (Å²) in [5, 5.41) is 9.77. The van der Waals surface area contributed by atoms with Gasteiger partial charge in [0.25, 0.3) is 0 Å². The van der Waals surface area contributed by atoms with E-state index in [1.54, 1.807) is 56.3 Å². The van der Waals surface area contributed by atoms with Crippen LogP contribution in [0.4, 0.5) is 4.79 Å². The normalized spacial score (nSPS) is 17.0. The maximum atomic E-state index is 14.6. The first kappa shape index (κ1) is 42.8. The smallest absolute Gasteiger partial charge is 0.417 e. The highest BCUT2D eigenvalue weighted by Gasteiger charge is 2.54. The summed E-state index contributed by atoms with van der Waals surface area (Å²) in [6.07, 6.45) is -1.65. The second kappa shape index (κ2) is 20.1. The van der Waals surface area contributed by atoms with Crippen LogP contribution in [-0.2, 0) is 51.2 Å². The van der Waals surface area contributed by atoms with Crippen molar-refractivity contribution in [2.75, 3.05) is 19.8 Å². The molecule has 1 saturated heterocycles. The summed E-state index contributed by atoms with van der Waals surface area (Å²) < 4.78 is 22.8. The van der Waals surface area contributed by atoms with E-state index in [2.05, 4.69) is 0 Å². The Morgan fingerprint density at radius 3 is 2.20 bits per heavy atom. The third-order valence-electron chi connectivity index (χ3n) is 9.41. The zero-order chi connectivity index (χ0) is 40.1. The van der Waals surface area contributed by atoms with Gasteiger partial charge in [-0.15, -0.1) is 0 Å². The van der Waals surface area contributed by atoms with Gasteiger partial charge in [0.05, 0.1) is 31.8 Å². The highest BCUT2D eigenvalue weighted by atomic mass is 16.6. The van der Waals surface area contributed by atoms with Crippen molar-refractivity contribution >= 4 is 35.1 Å². The Hall–Kier alpha value is -4.97. The number of aliphatic hydroxyl groups excluding tert-OH is 1. The predicted molar refractivity (Wildman–Crippen MR) is 207 cm³/mol. The van der Waals surface area contributed by atoms with E-state index in [0.29, 0.717) is 24.2 Å². The molecule has 0 radical (unpaired) electrons. The molecule has 0 spiro atoms. The van der Waals surface area contributed by atoms with Crippen molar-refractivity contribution < 1.29 is 48.0 Å². The van der Waals surface area contributed by atoms with Crippen molar-refractivity contribution in [2.24, 2.45) is 11.8 Å². The van der Waals surface area contributed by atoms with Gasteiger partial charge in [0.1, 0.15) is 11.7 Å². The van der Waals surface area contributed by atoms with Crippen LogP contribution in [0, 0.1) is 18.8 Å². The average Bonchev–Trinajstić information content (AvgIpc) is 3.40. The molecule has 3 aromatic carbocycles. The number of allylic oxidation sites excluding steroid dienone is 1. The standard InChI is InChI=1S/C44H53NO10/c1-29(2)41-44(5,6)55-43(51)45(41)42(50)37(24-32-16-9-7-10-17-32)40(54-31(4)47)39(49)25-36(34-20-13-15-30(3)23-34)38(48)21-14-22-52-28-35(26-46)53-27-33-18-11-8-12-19-33/h7-13,15-20,23,25,29,35,37,40-41,46H,14,21-22,24,26-28H2,1-6H3/t35?,37-,40-,41-/m0/s1. The lowest BCUT2D eigenvalue weighted by molar-refractivity contribution is -0.159. The van der Waals surface area contributed by atoms with Crippen LogP contribution in [-0.4, -0.2) is 83.2 Å². The Morgan fingerprint density at radius 1 is 0.945 bits per heavy atom. The molecule has 4 atom stereocenters. The number of amides is 2. The zero-order valence-electron chi connectivity index (χ0n) is 32.6. The lowest BCUT2D eigenvalue weighted by Gasteiger charge is -2.34. The number of aliphatic hydroxyl groups is 1. The molecule has 0 saturated carbocycles. The molecule has 1 heterocycles. The van der Waals surface area contributed by atoms with Crippen LogP contribution in [0.2, 0.25) is 0 Å². The van der Waals surface area contributed by atoms with E-state index in [4.69, 9.17) is 18.9 Å². The third kappa shape index (κ3) is 12.0. The summed E-state index contributed by atoms with van der Waals surface area (Å²) in [6, 6.07) is 24.9. The second-order valence-corrected chi connectivity index (χ2v) is 14.7. The molecule has 1 unspecified atom stereocenters. The van der Waals surface area contributed by atoms with Crippen LogP contribution >= 0.6 is 0 Å². The van der Waals surface area contributed by atoms with Gasteiger partial charge in [-0.3, -0.25) is 19.2 Å². The first-order chi connectivity index (χ1) is 26.2. The Morgan fingerprint density at radius 2 is 1.60 bits per heavy atom. The van der Waals surface area contributed by atoms with Crippen LogP contribution < -0.4 is 0 Å². The van der Waals surface area contributed by atoms with Crippen molar-refractivity contribution in [3.05, 3.63) is 113 Å². The predicted octanol–water partition coefficient (Wildman–Crippen LogP) is 6.46. The minimum Gasteiger partial charge on any atom is -0.453 e. The number of Topliss-reactive ketones (excluding diaryl/α,β-unsaturated/α-hetero) is 1. The minimum absolute atomic E-state index is 0.0110. The number of imide groups is 1. The molecule has 2 amide bonds. The molecule has 0 aliphatic carbocycles. The lowest BCUT2D eigenvalue weighted by Crippen LogP contribution is -2.53. The Bertz CT molecular complexity index is 1800. The second-order valence-electron chi connectivity index (χ2n) is 14.7. The fourth-order valence-electron chi connectivity index (χ4n) is 6.96. The quantitative estimate of drug-likeness (QED) is 0.0775. The highest BCUT2D eigenvalue weighted by molar-refractivity contribution is 6.25. The van der Waals surface area contributed by atoms with E-state index < -0.39 is 53.5 Å². The van der Waals surface area contributed by atoms with Crippen LogP contribution in [0.3, 0.4) is 0 Å². The van der Waals surface area contributed by atoms with Gasteiger partial charge in [-0.2, -0.15) is 0 Å². The number of ketones is 2. The average molecular weight is 756 g/mol. The highest BCUT2D eigenvalue weighted by Crippen LogP contribution is 2.36. The number of carbonyl (C=O) groups excluding carboxylic acids is 5. The van der Waals surface area contributed by atoms with Gasteiger partial charge < -0.3 is 24.1 Å². The minimum atomic E-state index is -1.67. The van der Waals surface area contributed by atoms with Gasteiger partial charge in [0.15, 0.2) is 17.7 Å². The monoisotopic (exact) mass is 755 g/mol. The Balaban J connectivity index is 1.59. The largest absolute Gasteiger partial charge is 0.453 e. The number of benzene rings is 3. The first-order valence-corrected chi connectivity index (χ1v) is 18.7. The Kier molecular flexibility index (Phi) is 15.6. The SMILES string of the molecule is CC(=O)O[C@H](C(=O)C=C(C(=O)CCCOCC(CO)OCc1ccccc1)c1cccc(C)c1)[C@H](Cc1ccccc1)C(=O)N1C(=O)OC(C)(C)[C@@H]1C(C)C. The maximum absolute atomic E-state index is 14.6. The van der Waals surface area contributed by atoms with Gasteiger partial charge in [-0.25, -0.2) is 9.69 Å². The van der Waals surface area contributed by atoms with E-state index in [9.17, 15) is 29.1 Å². The fraction of sp³-hybridized carbons (Fsp3) is 0.432. The number of aryl methyl sites for hydroxylation is 1. The number of hydrogen-bond donors (Lipinski definition) is 1. The molecular formula is C44H53NO10. The molecule has 1 fully saturated rings. The number of hydrogen-bond acceptors (Lipinski definition) is 10. The molecule has 55 heavy (non-hydrogen) atoms. The molecule has 3 aromatic rings. The summed E-state index contributed by atoms with van der Waals surface area (Å²) in [5.74, 6) is -4.20. The number of carbonyl (C=O) groups is 5. The van der Waals surface area contributed by atoms with E-state index in [-0.39, 0.29) is 49.9 Å². The van der Waals surface area contributed by atoms with E-state index in [1.165, 1.54) is 0 Å². The molecule has 0 bridgehead atoms. The molecule has 1 N–H and O–H groups in total. The van der Waals surface area contributed by atoms with Gasteiger partial charge in [0, 0.05) is 25.5 Å². The number of cyclic esters (lactones) is 1. The van der Waals surface area contributed by atoms with Gasteiger partial charge in [0.2, 0.25) is 5.91 Å². The van der Waals surface area contributed by atoms with Crippen LogP contribution in [0.15, 0.2) is 91.0 Å². The van der Waals surface area contributed by atoms with Crippen LogP contribution in [0.1, 0.15) is 69.7 Å². The van der Waals surface area contributed by atoms with Gasteiger partial charge in [-0.05, 0) is 62.3 Å². The molecule has 1 aliphatic heterocycles. The fourth-order valence-corrected chi connectivity index (χ4v) is 6.96. The summed E-state index contributed by atoms with van der Waals surface area (Å²) in [5.41, 5.74) is 2.03. The lowest BCUT2D eigenvalue weighted by atomic mass is 9.85. The van der Waals surface area contributed by atoms with E-state index in [1.807, 2.05) is 63.2 Å². The summed E-state index contributed by atoms with van der Waals surface area (Å²) in [4.78, 5) is 69.8. The molecule has 11 heteroatoms. The molecule has 4 rings (SSSR count). The van der Waals surface area contributed by atoms with Crippen molar-refractivity contribution in [2.45, 2.75) is 91.3 Å². The number of rotatable bonds is 20. The van der Waals surface area contributed by atoms with Crippen molar-refractivity contribution in [1.29, 1.82) is 0 Å². The zero-order valence-corrected chi connectivity index (χ0v) is 32.6. The topological polar surface area (TPSA) is 146 Å². The Labute approximate surface area is 323 Å². The molecular weight excluding hydrogens is 702 g/mol. The maximum Gasteiger partial charge on any atom is 0.417 e. The third-order valence-corrected chi connectivity index (χ3v) is 9.41. The first-order valence-electron chi connectivity index (χ1n) is 18.7. The van der Waals surface area contributed by atoms with Crippen molar-refractivity contribution in [3.8, 4) is 0 Å². The molecule has 1 aliphatic rings. The van der Waals surface area contributed by atoms with E-state index in [0.717, 1.165) is 29.0 Å². The van der Waals surface area contributed by atoms with Crippen LogP contribution in [0.25, 0.3) is 5.57 Å². The van der Waals surface area contributed by atoms with Crippen molar-refractivity contribution in [3.63, 3.8) is 0 Å².